The summed E-state index contributed by atoms with van der Waals surface area (Å²) in [6.07, 6.45) is 2.40. The molecule has 7 heteroatoms. The maximum absolute atomic E-state index is 12.9. The molecular weight excluding hydrogens is 364 g/mol. The van der Waals surface area contributed by atoms with E-state index in [1.165, 1.54) is 4.88 Å². The predicted octanol–water partition coefficient (Wildman–Crippen LogP) is 4.64. The fourth-order valence-corrected chi connectivity index (χ4v) is 3.36. The van der Waals surface area contributed by atoms with Gasteiger partial charge in [-0.05, 0) is 42.1 Å². The van der Waals surface area contributed by atoms with Crippen LogP contribution in [0.25, 0.3) is 0 Å². The number of methoxy groups -OCH3 is 2. The molecular formula is C20H22N2O4S. The Morgan fingerprint density at radius 1 is 1.15 bits per heavy atom. The molecule has 1 N–H and O–H groups in total. The molecule has 1 aromatic carbocycles. The minimum Gasteiger partial charge on any atom is -0.493 e. The van der Waals surface area contributed by atoms with E-state index in [4.69, 9.17) is 13.9 Å². The van der Waals surface area contributed by atoms with Gasteiger partial charge in [-0.25, -0.2) is 4.79 Å². The lowest BCUT2D eigenvalue weighted by molar-refractivity contribution is 0.205. The topological polar surface area (TPSA) is 63.9 Å². The number of thiophene rings is 1. The van der Waals surface area contributed by atoms with E-state index in [2.05, 4.69) is 11.4 Å². The second kappa shape index (κ2) is 9.14. The maximum Gasteiger partial charge on any atom is 0.322 e. The van der Waals surface area contributed by atoms with Crippen molar-refractivity contribution in [2.75, 3.05) is 26.1 Å². The van der Waals surface area contributed by atoms with Crippen molar-refractivity contribution in [2.24, 2.45) is 0 Å². The molecule has 0 bridgehead atoms. The van der Waals surface area contributed by atoms with Crippen LogP contribution in [-0.4, -0.2) is 31.7 Å². The van der Waals surface area contributed by atoms with E-state index >= 15 is 0 Å². The summed E-state index contributed by atoms with van der Waals surface area (Å²) in [6.45, 7) is 0.984. The van der Waals surface area contributed by atoms with Gasteiger partial charge < -0.3 is 24.1 Å². The van der Waals surface area contributed by atoms with Crippen molar-refractivity contribution in [2.45, 2.75) is 13.0 Å². The summed E-state index contributed by atoms with van der Waals surface area (Å²) in [5.41, 5.74) is 0.637. The average Bonchev–Trinajstić information content (AvgIpc) is 3.38. The summed E-state index contributed by atoms with van der Waals surface area (Å²) >= 11 is 1.69. The van der Waals surface area contributed by atoms with Crippen LogP contribution in [0.15, 0.2) is 58.5 Å². The van der Waals surface area contributed by atoms with Gasteiger partial charge in [0, 0.05) is 23.2 Å². The van der Waals surface area contributed by atoms with E-state index in [0.29, 0.717) is 30.3 Å². The molecule has 2 aromatic heterocycles. The highest BCUT2D eigenvalue weighted by atomic mass is 32.1. The molecule has 0 aliphatic carbocycles. The summed E-state index contributed by atoms with van der Waals surface area (Å²) in [6, 6.07) is 12.8. The van der Waals surface area contributed by atoms with Crippen LogP contribution in [0.3, 0.4) is 0 Å². The molecule has 2 heterocycles. The largest absolute Gasteiger partial charge is 0.493 e. The molecule has 3 rings (SSSR count). The fourth-order valence-electron chi connectivity index (χ4n) is 2.66. The average molecular weight is 386 g/mol. The van der Waals surface area contributed by atoms with Gasteiger partial charge in [0.25, 0.3) is 0 Å². The normalized spacial score (nSPS) is 10.4. The van der Waals surface area contributed by atoms with Crippen LogP contribution in [0, 0.1) is 0 Å². The van der Waals surface area contributed by atoms with Gasteiger partial charge >= 0.3 is 6.03 Å². The number of urea groups is 1. The first-order valence-electron chi connectivity index (χ1n) is 8.52. The van der Waals surface area contributed by atoms with Crippen molar-refractivity contribution < 1.29 is 18.7 Å². The van der Waals surface area contributed by atoms with Gasteiger partial charge in [0.05, 0.1) is 27.0 Å². The van der Waals surface area contributed by atoms with Crippen molar-refractivity contribution in [3.63, 3.8) is 0 Å². The summed E-state index contributed by atoms with van der Waals surface area (Å²) in [7, 11) is 3.14. The lowest BCUT2D eigenvalue weighted by Gasteiger charge is -2.22. The third-order valence-electron chi connectivity index (χ3n) is 4.06. The Bertz CT molecular complexity index is 847. The second-order valence-electron chi connectivity index (χ2n) is 5.83. The third kappa shape index (κ3) is 5.04. The van der Waals surface area contributed by atoms with E-state index in [1.807, 2.05) is 23.6 Å². The Morgan fingerprint density at radius 2 is 2.00 bits per heavy atom. The number of anilines is 1. The molecule has 0 aliphatic heterocycles. The number of benzene rings is 1. The lowest BCUT2D eigenvalue weighted by Crippen LogP contribution is -2.35. The van der Waals surface area contributed by atoms with Crippen LogP contribution in [0.1, 0.15) is 10.6 Å². The Labute approximate surface area is 162 Å². The number of carbonyl (C=O) groups excluding carboxylic acids is 1. The monoisotopic (exact) mass is 386 g/mol. The smallest absolute Gasteiger partial charge is 0.322 e. The summed E-state index contributed by atoms with van der Waals surface area (Å²) in [5.74, 6) is 1.91. The molecule has 3 aromatic rings. The zero-order valence-electron chi connectivity index (χ0n) is 15.3. The number of nitrogens with zero attached hydrogens (tertiary/aromatic N) is 1. The highest BCUT2D eigenvalue weighted by Crippen LogP contribution is 2.30. The zero-order valence-corrected chi connectivity index (χ0v) is 16.1. The van der Waals surface area contributed by atoms with Crippen molar-refractivity contribution in [3.8, 4) is 11.5 Å². The molecule has 0 spiro atoms. The zero-order chi connectivity index (χ0) is 19.1. The third-order valence-corrected chi connectivity index (χ3v) is 4.99. The van der Waals surface area contributed by atoms with Crippen molar-refractivity contribution in [1.29, 1.82) is 0 Å². The number of rotatable bonds is 8. The Kier molecular flexibility index (Phi) is 6.38. The van der Waals surface area contributed by atoms with Gasteiger partial charge in [-0.2, -0.15) is 0 Å². The summed E-state index contributed by atoms with van der Waals surface area (Å²) < 4.78 is 15.9. The van der Waals surface area contributed by atoms with Crippen LogP contribution in [0.4, 0.5) is 10.5 Å². The molecule has 0 unspecified atom stereocenters. The number of furan rings is 1. The first kappa shape index (κ1) is 18.8. The van der Waals surface area contributed by atoms with Crippen molar-refractivity contribution >= 4 is 23.1 Å². The number of amides is 2. The minimum atomic E-state index is -0.199. The first-order chi connectivity index (χ1) is 13.2. The second-order valence-corrected chi connectivity index (χ2v) is 6.86. The van der Waals surface area contributed by atoms with Gasteiger partial charge in [0.15, 0.2) is 11.5 Å². The molecule has 6 nitrogen and oxygen atoms in total. The highest BCUT2D eigenvalue weighted by Gasteiger charge is 2.17. The van der Waals surface area contributed by atoms with E-state index in [1.54, 1.807) is 54.9 Å². The van der Waals surface area contributed by atoms with E-state index in [0.717, 1.165) is 12.2 Å². The van der Waals surface area contributed by atoms with Crippen LogP contribution < -0.4 is 14.8 Å². The van der Waals surface area contributed by atoms with Gasteiger partial charge in [-0.15, -0.1) is 11.3 Å². The first-order valence-corrected chi connectivity index (χ1v) is 9.40. The predicted molar refractivity (Wildman–Crippen MR) is 106 cm³/mol. The fraction of sp³-hybridized carbons (Fsp3) is 0.250. The lowest BCUT2D eigenvalue weighted by atomic mass is 10.2. The van der Waals surface area contributed by atoms with Gasteiger partial charge in [0.2, 0.25) is 0 Å². The minimum absolute atomic E-state index is 0.199. The van der Waals surface area contributed by atoms with E-state index in [9.17, 15) is 4.79 Å². The standard InChI is InChI=1S/C20H22N2O4S/c1-24-18-8-7-15(13-19(18)25-2)21-20(23)22(14-16-5-3-11-26-16)10-9-17-6-4-12-27-17/h3-8,11-13H,9-10,14H2,1-2H3,(H,21,23). The number of hydrogen-bond acceptors (Lipinski definition) is 5. The van der Waals surface area contributed by atoms with Gasteiger partial charge in [-0.1, -0.05) is 6.07 Å². The van der Waals surface area contributed by atoms with Gasteiger partial charge in [0.1, 0.15) is 5.76 Å². The van der Waals surface area contributed by atoms with Crippen LogP contribution in [0.2, 0.25) is 0 Å². The molecule has 0 aliphatic rings. The quantitative estimate of drug-likeness (QED) is 0.613. The maximum atomic E-state index is 12.9. The van der Waals surface area contributed by atoms with Crippen LogP contribution >= 0.6 is 11.3 Å². The number of ether oxygens (including phenoxy) is 2. The van der Waals surface area contributed by atoms with Crippen LogP contribution in [-0.2, 0) is 13.0 Å². The highest BCUT2D eigenvalue weighted by molar-refractivity contribution is 7.09. The summed E-state index contributed by atoms with van der Waals surface area (Å²) in [5, 5.41) is 4.96. The SMILES string of the molecule is COc1ccc(NC(=O)N(CCc2cccs2)Cc2ccco2)cc1OC. The summed E-state index contributed by atoms with van der Waals surface area (Å²) in [4.78, 5) is 15.8. The molecule has 142 valence electrons. The number of carbonyl (C=O) groups is 1. The molecule has 27 heavy (non-hydrogen) atoms. The van der Waals surface area contributed by atoms with Gasteiger partial charge in [-0.3, -0.25) is 0 Å². The molecule has 0 radical (unpaired) electrons. The molecule has 0 fully saturated rings. The van der Waals surface area contributed by atoms with E-state index in [-0.39, 0.29) is 6.03 Å². The number of hydrogen-bond donors (Lipinski definition) is 1. The molecule has 2 amide bonds. The van der Waals surface area contributed by atoms with Crippen molar-refractivity contribution in [1.82, 2.24) is 4.90 Å². The van der Waals surface area contributed by atoms with Crippen molar-refractivity contribution in [3.05, 3.63) is 64.7 Å². The van der Waals surface area contributed by atoms with E-state index < -0.39 is 0 Å². The van der Waals surface area contributed by atoms with Crippen LogP contribution in [0.5, 0.6) is 11.5 Å². The Balaban J connectivity index is 1.71. The Morgan fingerprint density at radius 3 is 2.67 bits per heavy atom. The molecule has 0 saturated carbocycles. The molecule has 0 saturated heterocycles. The Hall–Kier alpha value is -2.93. The molecule has 0 atom stereocenters. The number of nitrogens with one attached hydrogen (secondary N) is 1.